The maximum Gasteiger partial charge on any atom is 0.239 e. The number of hydrogen-bond acceptors (Lipinski definition) is 11. The minimum atomic E-state index is -1.29. The predicted octanol–water partition coefficient (Wildman–Crippen LogP) is 2.19. The van der Waals surface area contributed by atoms with Gasteiger partial charge in [-0.3, -0.25) is 19.3 Å². The first-order valence-electron chi connectivity index (χ1n) is 14.2. The Morgan fingerprint density at radius 2 is 1.91 bits per heavy atom. The molecule has 232 valence electrons. The Labute approximate surface area is 259 Å². The van der Waals surface area contributed by atoms with Crippen molar-refractivity contribution in [3.05, 3.63) is 47.5 Å². The Morgan fingerprint density at radius 3 is 2.68 bits per heavy atom. The maximum absolute atomic E-state index is 14.8. The lowest BCUT2D eigenvalue weighted by Crippen LogP contribution is -2.43. The van der Waals surface area contributed by atoms with E-state index in [4.69, 9.17) is 11.6 Å². The van der Waals surface area contributed by atoms with Crippen LogP contribution in [0.2, 0.25) is 5.02 Å². The molecule has 4 heterocycles. The second-order valence-electron chi connectivity index (χ2n) is 11.3. The van der Waals surface area contributed by atoms with E-state index in [2.05, 4.69) is 53.0 Å². The molecule has 1 unspecified atom stereocenters. The lowest BCUT2D eigenvalue weighted by Gasteiger charge is -2.28. The van der Waals surface area contributed by atoms with Crippen LogP contribution in [-0.4, -0.2) is 107 Å². The molecule has 1 aromatic carbocycles. The van der Waals surface area contributed by atoms with Crippen LogP contribution in [-0.2, 0) is 14.4 Å². The van der Waals surface area contributed by atoms with Crippen LogP contribution in [0.3, 0.4) is 0 Å². The second kappa shape index (κ2) is 13.2. The first-order valence-corrected chi connectivity index (χ1v) is 14.6. The fourth-order valence-electron chi connectivity index (χ4n) is 5.25. The average molecular weight is 625 g/mol. The predicted molar refractivity (Wildman–Crippen MR) is 164 cm³/mol. The summed E-state index contributed by atoms with van der Waals surface area (Å²) in [6, 6.07) is 7.25. The van der Waals surface area contributed by atoms with Gasteiger partial charge in [-0.25, -0.2) is 14.4 Å². The zero-order chi connectivity index (χ0) is 31.4. The number of carbonyl (C=O) groups excluding carboxylic acids is 3. The van der Waals surface area contributed by atoms with E-state index in [0.717, 1.165) is 32.6 Å². The van der Waals surface area contributed by atoms with Gasteiger partial charge >= 0.3 is 0 Å². The largest absolute Gasteiger partial charge is 0.355 e. The minimum absolute atomic E-state index is 0.0171. The van der Waals surface area contributed by atoms with E-state index in [-0.39, 0.29) is 54.3 Å². The SMILES string of the molecule is CN1CCCN(CC(=O)Nc2cc(Nc3cc(-c4cc(Cl)ccc4F)nnc3N(C)CC3(C)C(=O)CNC3=O)ncn2)CC1. The molecule has 15 heteroatoms. The molecule has 0 radical (unpaired) electrons. The lowest BCUT2D eigenvalue weighted by molar-refractivity contribution is -0.133. The van der Waals surface area contributed by atoms with E-state index in [0.29, 0.717) is 22.3 Å². The molecule has 44 heavy (non-hydrogen) atoms. The van der Waals surface area contributed by atoms with Gasteiger partial charge in [-0.1, -0.05) is 11.6 Å². The highest BCUT2D eigenvalue weighted by Crippen LogP contribution is 2.34. The van der Waals surface area contributed by atoms with Crippen molar-refractivity contribution in [1.29, 1.82) is 0 Å². The molecule has 5 rings (SSSR count). The van der Waals surface area contributed by atoms with Gasteiger partial charge in [-0.2, -0.15) is 0 Å². The number of amides is 2. The Hall–Kier alpha value is -4.27. The van der Waals surface area contributed by atoms with Crippen LogP contribution in [0.1, 0.15) is 13.3 Å². The van der Waals surface area contributed by atoms with Crippen molar-refractivity contribution in [3.63, 3.8) is 0 Å². The number of hydrogen-bond donors (Lipinski definition) is 3. The van der Waals surface area contributed by atoms with Crippen molar-refractivity contribution >= 4 is 52.3 Å². The van der Waals surface area contributed by atoms with Gasteiger partial charge in [-0.15, -0.1) is 10.2 Å². The zero-order valence-corrected chi connectivity index (χ0v) is 25.5. The van der Waals surface area contributed by atoms with Gasteiger partial charge in [0.05, 0.1) is 24.5 Å². The third-order valence-electron chi connectivity index (χ3n) is 7.80. The average Bonchev–Trinajstić information content (AvgIpc) is 3.11. The highest BCUT2D eigenvalue weighted by molar-refractivity contribution is 6.30. The quantitative estimate of drug-likeness (QED) is 0.301. The van der Waals surface area contributed by atoms with E-state index < -0.39 is 11.2 Å². The van der Waals surface area contributed by atoms with E-state index in [1.54, 1.807) is 31.0 Å². The molecule has 2 amide bonds. The normalized spacial score (nSPS) is 19.4. The van der Waals surface area contributed by atoms with Gasteiger partial charge in [-0.05, 0) is 57.7 Å². The van der Waals surface area contributed by atoms with Gasteiger partial charge in [0.1, 0.15) is 29.2 Å². The fourth-order valence-corrected chi connectivity index (χ4v) is 5.42. The van der Waals surface area contributed by atoms with Crippen LogP contribution >= 0.6 is 11.6 Å². The lowest BCUT2D eigenvalue weighted by atomic mass is 9.87. The number of rotatable bonds is 9. The van der Waals surface area contributed by atoms with Crippen LogP contribution in [0.4, 0.5) is 27.5 Å². The van der Waals surface area contributed by atoms with Crippen LogP contribution in [0.25, 0.3) is 11.3 Å². The molecule has 2 fully saturated rings. The molecular weight excluding hydrogens is 591 g/mol. The van der Waals surface area contributed by atoms with E-state index in [9.17, 15) is 18.8 Å². The van der Waals surface area contributed by atoms with Crippen LogP contribution in [0, 0.1) is 11.2 Å². The number of aromatic nitrogens is 4. The van der Waals surface area contributed by atoms with E-state index >= 15 is 0 Å². The Kier molecular flexibility index (Phi) is 9.32. The minimum Gasteiger partial charge on any atom is -0.355 e. The summed E-state index contributed by atoms with van der Waals surface area (Å²) >= 11 is 6.13. The molecule has 1 atom stereocenters. The summed E-state index contributed by atoms with van der Waals surface area (Å²) in [4.78, 5) is 52.4. The summed E-state index contributed by atoms with van der Waals surface area (Å²) in [7, 11) is 3.74. The van der Waals surface area contributed by atoms with E-state index in [1.807, 2.05) is 0 Å². The number of nitrogens with zero attached hydrogens (tertiary/aromatic N) is 7. The number of carbonyl (C=O) groups is 3. The van der Waals surface area contributed by atoms with Gasteiger partial charge < -0.3 is 25.8 Å². The number of halogens is 2. The number of benzene rings is 1. The topological polar surface area (TPSA) is 149 Å². The number of anilines is 4. The molecule has 0 bridgehead atoms. The standard InChI is InChI=1S/C29H34ClFN10O3/c1-29(23(42)14-32-28(29)44)16-40(3)27-22(12-21(37-38-27)19-11-18(30)5-6-20(19)31)35-24-13-25(34-17-33-24)36-26(43)15-41-8-4-7-39(2)9-10-41/h5-6,11-13,17H,4,7-10,14-16H2,1-3H3,(H,32,44)(H2,33,34,35,36,37,43). The highest BCUT2D eigenvalue weighted by atomic mass is 35.5. The van der Waals surface area contributed by atoms with Gasteiger partial charge in [0, 0.05) is 43.3 Å². The summed E-state index contributed by atoms with van der Waals surface area (Å²) in [5, 5.41) is 17.5. The van der Waals surface area contributed by atoms with Crippen molar-refractivity contribution in [2.24, 2.45) is 5.41 Å². The molecule has 13 nitrogen and oxygen atoms in total. The summed E-state index contributed by atoms with van der Waals surface area (Å²) in [5.74, 6) is -0.474. The van der Waals surface area contributed by atoms with Crippen molar-refractivity contribution in [2.45, 2.75) is 13.3 Å². The molecule has 3 N–H and O–H groups in total. The van der Waals surface area contributed by atoms with Gasteiger partial charge in [0.2, 0.25) is 11.8 Å². The summed E-state index contributed by atoms with van der Waals surface area (Å²) < 4.78 is 14.8. The molecule has 2 aliphatic rings. The van der Waals surface area contributed by atoms with Crippen molar-refractivity contribution < 1.29 is 18.8 Å². The van der Waals surface area contributed by atoms with Crippen molar-refractivity contribution in [3.8, 4) is 11.3 Å². The van der Waals surface area contributed by atoms with Crippen LogP contribution < -0.4 is 20.9 Å². The molecule has 3 aromatic rings. The summed E-state index contributed by atoms with van der Waals surface area (Å²) in [6.45, 7) is 5.31. The molecular formula is C29H34ClFN10O3. The number of nitrogens with one attached hydrogen (secondary N) is 3. The van der Waals surface area contributed by atoms with Crippen LogP contribution in [0.15, 0.2) is 36.7 Å². The molecule has 0 spiro atoms. The van der Waals surface area contributed by atoms with Gasteiger partial charge in [0.15, 0.2) is 11.6 Å². The Bertz CT molecular complexity index is 1560. The third-order valence-corrected chi connectivity index (χ3v) is 8.03. The first-order chi connectivity index (χ1) is 21.0. The zero-order valence-electron chi connectivity index (χ0n) is 24.7. The third kappa shape index (κ3) is 7.09. The number of Topliss-reactive ketones (excluding diaryl/α,β-unsaturated/α-hetero) is 1. The maximum atomic E-state index is 14.8. The monoisotopic (exact) mass is 624 g/mol. The number of likely N-dealkylation sites (N-methyl/N-ethyl adjacent to an activating group) is 1. The first kappa shape index (κ1) is 31.2. The smallest absolute Gasteiger partial charge is 0.239 e. The van der Waals surface area contributed by atoms with Crippen molar-refractivity contribution in [2.75, 3.05) is 75.4 Å². The van der Waals surface area contributed by atoms with E-state index in [1.165, 1.54) is 24.5 Å². The van der Waals surface area contributed by atoms with Crippen molar-refractivity contribution in [1.82, 2.24) is 35.3 Å². The Morgan fingerprint density at radius 1 is 1.11 bits per heavy atom. The summed E-state index contributed by atoms with van der Waals surface area (Å²) in [6.07, 6.45) is 2.29. The van der Waals surface area contributed by atoms with Gasteiger partial charge in [0.25, 0.3) is 0 Å². The molecule has 2 aliphatic heterocycles. The van der Waals surface area contributed by atoms with Crippen LogP contribution in [0.5, 0.6) is 0 Å². The molecule has 0 saturated carbocycles. The summed E-state index contributed by atoms with van der Waals surface area (Å²) in [5.41, 5.74) is -0.609. The highest BCUT2D eigenvalue weighted by Gasteiger charge is 2.46. The fraction of sp³-hybridized carbons (Fsp3) is 0.414. The molecule has 2 aromatic heterocycles. The molecule has 2 saturated heterocycles. The Balaban J connectivity index is 1.40. The number of ketones is 1. The molecule has 0 aliphatic carbocycles. The second-order valence-corrected chi connectivity index (χ2v) is 11.7.